The molecule has 0 spiro atoms. The second kappa shape index (κ2) is 5.35. The number of hydrogen-bond donors (Lipinski definition) is 0. The molecule has 0 N–H and O–H groups in total. The first-order valence-electron chi connectivity index (χ1n) is 5.33. The van der Waals surface area contributed by atoms with Crippen LogP contribution in [0.4, 0.5) is 4.79 Å². The number of hydrogen-bond acceptors (Lipinski definition) is 3. The number of amides is 1. The molecule has 0 saturated carbocycles. The van der Waals surface area contributed by atoms with Crippen LogP contribution in [0.1, 0.15) is 19.4 Å². The van der Waals surface area contributed by atoms with E-state index >= 15 is 0 Å². The summed E-state index contributed by atoms with van der Waals surface area (Å²) in [5, 5.41) is 8.90. The fourth-order valence-electron chi connectivity index (χ4n) is 1.12. The average Bonchev–Trinajstić information content (AvgIpc) is 2.36. The summed E-state index contributed by atoms with van der Waals surface area (Å²) in [6.07, 6.45) is -0.500. The summed E-state index contributed by atoms with van der Waals surface area (Å²) < 4.78 is 5.11. The molecule has 1 aromatic rings. The van der Waals surface area contributed by atoms with Crippen molar-refractivity contribution in [2.24, 2.45) is 0 Å². The number of benzene rings is 1. The highest BCUT2D eigenvalue weighted by Crippen LogP contribution is 2.12. The van der Waals surface area contributed by atoms with Gasteiger partial charge in [-0.15, -0.1) is 0 Å². The van der Waals surface area contributed by atoms with Gasteiger partial charge in [0.15, 0.2) is 0 Å². The Bertz CT molecular complexity index is 421. The molecule has 0 unspecified atom stereocenters. The van der Waals surface area contributed by atoms with Gasteiger partial charge in [-0.3, -0.25) is 4.90 Å². The minimum atomic E-state index is -0.867. The normalized spacial score (nSPS) is 10.5. The maximum Gasteiger partial charge on any atom is 0.411 e. The summed E-state index contributed by atoms with van der Waals surface area (Å²) in [5.41, 5.74) is 0.0531. The fraction of sp³-hybridized carbons (Fsp3) is 0.385. The van der Waals surface area contributed by atoms with Gasteiger partial charge in [0, 0.05) is 7.05 Å². The van der Waals surface area contributed by atoms with Crippen molar-refractivity contribution in [2.45, 2.75) is 26.0 Å². The topological polar surface area (TPSA) is 53.3 Å². The molecule has 0 bridgehead atoms. The van der Waals surface area contributed by atoms with Crippen molar-refractivity contribution in [3.05, 3.63) is 35.9 Å². The van der Waals surface area contributed by atoms with E-state index in [0.717, 1.165) is 5.56 Å². The van der Waals surface area contributed by atoms with Crippen LogP contribution in [-0.4, -0.2) is 23.6 Å². The standard InChI is InChI=1S/C13H16N2O2/c1-13(2,10-14)15(3)12(16)17-9-11-7-5-4-6-8-11/h4-8H,9H2,1-3H3. The van der Waals surface area contributed by atoms with E-state index in [1.54, 1.807) is 20.9 Å². The first-order valence-corrected chi connectivity index (χ1v) is 5.33. The van der Waals surface area contributed by atoms with Gasteiger partial charge in [0.1, 0.15) is 12.1 Å². The van der Waals surface area contributed by atoms with Crippen LogP contribution in [0.2, 0.25) is 0 Å². The zero-order valence-electron chi connectivity index (χ0n) is 10.3. The molecule has 0 aromatic heterocycles. The molecule has 1 aromatic carbocycles. The van der Waals surface area contributed by atoms with Crippen LogP contribution in [0.5, 0.6) is 0 Å². The van der Waals surface area contributed by atoms with Crippen molar-refractivity contribution in [3.63, 3.8) is 0 Å². The fourth-order valence-corrected chi connectivity index (χ4v) is 1.12. The number of ether oxygens (including phenoxy) is 1. The van der Waals surface area contributed by atoms with Crippen LogP contribution in [-0.2, 0) is 11.3 Å². The third kappa shape index (κ3) is 3.49. The molecule has 0 atom stereocenters. The van der Waals surface area contributed by atoms with Gasteiger partial charge in [0.05, 0.1) is 6.07 Å². The molecule has 1 amide bonds. The Balaban J connectivity index is 2.54. The molecule has 90 valence electrons. The monoisotopic (exact) mass is 232 g/mol. The van der Waals surface area contributed by atoms with Crippen molar-refractivity contribution in [1.82, 2.24) is 4.90 Å². The Hall–Kier alpha value is -2.02. The molecule has 0 fully saturated rings. The molecular weight excluding hydrogens is 216 g/mol. The summed E-state index contributed by atoms with van der Waals surface area (Å²) in [5.74, 6) is 0. The maximum absolute atomic E-state index is 11.7. The van der Waals surface area contributed by atoms with Gasteiger partial charge in [0.2, 0.25) is 0 Å². The summed E-state index contributed by atoms with van der Waals surface area (Å²) in [6.45, 7) is 3.54. The van der Waals surface area contributed by atoms with Gasteiger partial charge >= 0.3 is 6.09 Å². The lowest BCUT2D eigenvalue weighted by atomic mass is 10.1. The Labute approximate surface area is 101 Å². The molecule has 0 aliphatic rings. The third-order valence-electron chi connectivity index (χ3n) is 2.59. The van der Waals surface area contributed by atoms with E-state index in [4.69, 9.17) is 10.00 Å². The van der Waals surface area contributed by atoms with Gasteiger partial charge < -0.3 is 4.74 Å². The molecule has 0 aliphatic carbocycles. The van der Waals surface area contributed by atoms with Crippen LogP contribution < -0.4 is 0 Å². The van der Waals surface area contributed by atoms with E-state index in [1.165, 1.54) is 4.90 Å². The van der Waals surface area contributed by atoms with E-state index in [-0.39, 0.29) is 6.61 Å². The van der Waals surface area contributed by atoms with E-state index in [2.05, 4.69) is 0 Å². The first-order chi connectivity index (χ1) is 7.97. The lowest BCUT2D eigenvalue weighted by molar-refractivity contribution is 0.0843. The molecule has 4 heteroatoms. The van der Waals surface area contributed by atoms with E-state index in [1.807, 2.05) is 36.4 Å². The number of rotatable bonds is 3. The first kappa shape index (κ1) is 13.0. The average molecular weight is 232 g/mol. The zero-order valence-corrected chi connectivity index (χ0v) is 10.3. The van der Waals surface area contributed by atoms with Gasteiger partial charge in [0.25, 0.3) is 0 Å². The Morgan fingerprint density at radius 3 is 2.53 bits per heavy atom. The predicted octanol–water partition coefficient (Wildman–Crippen LogP) is 2.56. The molecule has 1 rings (SSSR count). The van der Waals surface area contributed by atoms with Crippen molar-refractivity contribution in [1.29, 1.82) is 5.26 Å². The molecule has 0 radical (unpaired) electrons. The molecule has 4 nitrogen and oxygen atoms in total. The summed E-state index contributed by atoms with van der Waals surface area (Å²) in [7, 11) is 1.55. The van der Waals surface area contributed by atoms with E-state index in [9.17, 15) is 4.79 Å². The number of nitrogens with zero attached hydrogens (tertiary/aromatic N) is 2. The zero-order chi connectivity index (χ0) is 12.9. The Kier molecular flexibility index (Phi) is 4.11. The Morgan fingerprint density at radius 2 is 2.00 bits per heavy atom. The quantitative estimate of drug-likeness (QED) is 0.804. The van der Waals surface area contributed by atoms with Crippen LogP contribution in [0, 0.1) is 11.3 Å². The smallest absolute Gasteiger partial charge is 0.411 e. The second-order valence-electron chi connectivity index (χ2n) is 4.27. The molecule has 0 aliphatic heterocycles. The third-order valence-corrected chi connectivity index (χ3v) is 2.59. The van der Waals surface area contributed by atoms with E-state index < -0.39 is 11.6 Å². The number of nitriles is 1. The van der Waals surface area contributed by atoms with Crippen LogP contribution in [0.25, 0.3) is 0 Å². The molecule has 17 heavy (non-hydrogen) atoms. The van der Waals surface area contributed by atoms with Gasteiger partial charge in [-0.2, -0.15) is 5.26 Å². The summed E-state index contributed by atoms with van der Waals surface area (Å²) in [6, 6.07) is 11.5. The van der Waals surface area contributed by atoms with Gasteiger partial charge in [-0.25, -0.2) is 4.79 Å². The lowest BCUT2D eigenvalue weighted by Gasteiger charge is -2.28. The predicted molar refractivity (Wildman–Crippen MR) is 64.1 cm³/mol. The van der Waals surface area contributed by atoms with Crippen LogP contribution in [0.15, 0.2) is 30.3 Å². The van der Waals surface area contributed by atoms with Gasteiger partial charge in [-0.1, -0.05) is 30.3 Å². The molecule has 0 saturated heterocycles. The highest BCUT2D eigenvalue weighted by Gasteiger charge is 2.28. The van der Waals surface area contributed by atoms with Crippen molar-refractivity contribution < 1.29 is 9.53 Å². The van der Waals surface area contributed by atoms with Crippen LogP contribution in [0.3, 0.4) is 0 Å². The minimum absolute atomic E-state index is 0.214. The van der Waals surface area contributed by atoms with Crippen LogP contribution >= 0.6 is 0 Å². The molecule has 0 heterocycles. The maximum atomic E-state index is 11.7. The van der Waals surface area contributed by atoms with Crippen molar-refractivity contribution >= 4 is 6.09 Å². The second-order valence-corrected chi connectivity index (χ2v) is 4.27. The summed E-state index contributed by atoms with van der Waals surface area (Å²) >= 11 is 0. The highest BCUT2D eigenvalue weighted by molar-refractivity contribution is 5.68. The number of carbonyl (C=O) groups is 1. The number of carbonyl (C=O) groups excluding carboxylic acids is 1. The van der Waals surface area contributed by atoms with E-state index in [0.29, 0.717) is 0 Å². The lowest BCUT2D eigenvalue weighted by Crippen LogP contribution is -2.44. The minimum Gasteiger partial charge on any atom is -0.445 e. The Morgan fingerprint density at radius 1 is 1.41 bits per heavy atom. The van der Waals surface area contributed by atoms with Crippen molar-refractivity contribution in [2.75, 3.05) is 7.05 Å². The summed E-state index contributed by atoms with van der Waals surface area (Å²) in [4.78, 5) is 13.0. The van der Waals surface area contributed by atoms with Crippen molar-refractivity contribution in [3.8, 4) is 6.07 Å². The molecular formula is C13H16N2O2. The largest absolute Gasteiger partial charge is 0.445 e. The highest BCUT2D eigenvalue weighted by atomic mass is 16.6. The SMILES string of the molecule is CN(C(=O)OCc1ccccc1)C(C)(C)C#N. The van der Waals surface area contributed by atoms with Gasteiger partial charge in [-0.05, 0) is 19.4 Å².